The van der Waals surface area contributed by atoms with E-state index in [0.29, 0.717) is 18.8 Å². The molecule has 2 aliphatic carbocycles. The van der Waals surface area contributed by atoms with Gasteiger partial charge >= 0.3 is 6.18 Å². The second-order valence-electron chi connectivity index (χ2n) is 6.38. The molecule has 2 rings (SSSR count). The molecule has 0 atom stereocenters. The third-order valence-corrected chi connectivity index (χ3v) is 5.09. The Morgan fingerprint density at radius 2 is 1.44 bits per heavy atom. The van der Waals surface area contributed by atoms with Crippen molar-refractivity contribution in [2.24, 2.45) is 17.8 Å². The van der Waals surface area contributed by atoms with Crippen LogP contribution in [0.4, 0.5) is 13.2 Å². The lowest BCUT2D eigenvalue weighted by molar-refractivity contribution is -0.197. The van der Waals surface area contributed by atoms with E-state index in [2.05, 4.69) is 6.92 Å². The van der Waals surface area contributed by atoms with Crippen LogP contribution < -0.4 is 0 Å². The maximum absolute atomic E-state index is 12.6. The fourth-order valence-electron chi connectivity index (χ4n) is 3.65. The number of rotatable bonds is 1. The zero-order valence-corrected chi connectivity index (χ0v) is 11.0. The summed E-state index contributed by atoms with van der Waals surface area (Å²) in [5.74, 6) is -0.264. The van der Waals surface area contributed by atoms with Gasteiger partial charge in [-0.25, -0.2) is 0 Å². The molecule has 18 heavy (non-hydrogen) atoms. The van der Waals surface area contributed by atoms with Gasteiger partial charge in [-0.05, 0) is 50.4 Å². The average molecular weight is 264 g/mol. The third-order valence-electron chi connectivity index (χ3n) is 5.09. The van der Waals surface area contributed by atoms with Crippen LogP contribution in [0.1, 0.15) is 58.3 Å². The quantitative estimate of drug-likeness (QED) is 0.748. The van der Waals surface area contributed by atoms with Gasteiger partial charge in [-0.2, -0.15) is 13.2 Å². The minimum atomic E-state index is -4.08. The summed E-state index contributed by atoms with van der Waals surface area (Å²) in [6.45, 7) is 2.21. The Kier molecular flexibility index (Phi) is 3.96. The molecule has 2 saturated carbocycles. The molecule has 0 saturated heterocycles. The second-order valence-corrected chi connectivity index (χ2v) is 6.38. The lowest BCUT2D eigenvalue weighted by Gasteiger charge is -2.44. The maximum Gasteiger partial charge on any atom is 0.391 e. The first kappa shape index (κ1) is 14.2. The molecule has 2 aliphatic rings. The molecule has 1 nitrogen and oxygen atoms in total. The van der Waals surface area contributed by atoms with Gasteiger partial charge < -0.3 is 5.11 Å². The van der Waals surface area contributed by atoms with Crippen molar-refractivity contribution in [3.8, 4) is 0 Å². The third kappa shape index (κ3) is 3.01. The SMILES string of the molecule is CC1CCC(C2(O)CCC(C(F)(F)F)CC2)CC1. The Balaban J connectivity index is 1.91. The molecule has 0 aromatic carbocycles. The van der Waals surface area contributed by atoms with Gasteiger partial charge in [0.1, 0.15) is 0 Å². The topological polar surface area (TPSA) is 20.2 Å². The van der Waals surface area contributed by atoms with Crippen molar-refractivity contribution >= 4 is 0 Å². The van der Waals surface area contributed by atoms with E-state index in [0.717, 1.165) is 25.7 Å². The van der Waals surface area contributed by atoms with Crippen molar-refractivity contribution in [3.63, 3.8) is 0 Å². The van der Waals surface area contributed by atoms with E-state index in [-0.39, 0.29) is 18.8 Å². The molecule has 0 aliphatic heterocycles. The molecular formula is C14H23F3O. The number of halogens is 3. The highest BCUT2D eigenvalue weighted by Crippen LogP contribution is 2.47. The van der Waals surface area contributed by atoms with E-state index < -0.39 is 17.7 Å². The van der Waals surface area contributed by atoms with Crippen LogP contribution >= 0.6 is 0 Å². The monoisotopic (exact) mass is 264 g/mol. The van der Waals surface area contributed by atoms with Crippen LogP contribution in [0.15, 0.2) is 0 Å². The van der Waals surface area contributed by atoms with Gasteiger partial charge in [-0.3, -0.25) is 0 Å². The molecule has 0 unspecified atom stereocenters. The summed E-state index contributed by atoms with van der Waals surface area (Å²) in [4.78, 5) is 0. The summed E-state index contributed by atoms with van der Waals surface area (Å²) in [7, 11) is 0. The predicted molar refractivity (Wildman–Crippen MR) is 64.1 cm³/mol. The van der Waals surface area contributed by atoms with Gasteiger partial charge in [-0.15, -0.1) is 0 Å². The van der Waals surface area contributed by atoms with E-state index in [1.807, 2.05) is 0 Å². The van der Waals surface area contributed by atoms with Crippen LogP contribution in [0.3, 0.4) is 0 Å². The van der Waals surface area contributed by atoms with Crippen LogP contribution in [0.5, 0.6) is 0 Å². The van der Waals surface area contributed by atoms with Crippen molar-refractivity contribution in [3.05, 3.63) is 0 Å². The highest BCUT2D eigenvalue weighted by Gasteiger charge is 2.47. The summed E-state index contributed by atoms with van der Waals surface area (Å²) >= 11 is 0. The molecule has 0 amide bonds. The standard InChI is InChI=1S/C14H23F3O/c1-10-2-4-11(5-3-10)13(18)8-6-12(7-9-13)14(15,16)17/h10-12,18H,2-9H2,1H3. The number of hydrogen-bond donors (Lipinski definition) is 1. The van der Waals surface area contributed by atoms with Gasteiger partial charge in [0.05, 0.1) is 11.5 Å². The molecule has 0 aromatic heterocycles. The van der Waals surface area contributed by atoms with E-state index in [1.165, 1.54) is 0 Å². The minimum absolute atomic E-state index is 0.103. The van der Waals surface area contributed by atoms with Crippen LogP contribution in [-0.2, 0) is 0 Å². The van der Waals surface area contributed by atoms with E-state index in [1.54, 1.807) is 0 Å². The molecule has 0 bridgehead atoms. The average Bonchev–Trinajstić information content (AvgIpc) is 2.29. The Morgan fingerprint density at radius 1 is 0.944 bits per heavy atom. The summed E-state index contributed by atoms with van der Waals surface area (Å²) in [5.41, 5.74) is -0.818. The fraction of sp³-hybridized carbons (Fsp3) is 1.00. The molecule has 4 heteroatoms. The van der Waals surface area contributed by atoms with Crippen LogP contribution in [-0.4, -0.2) is 16.9 Å². The smallest absolute Gasteiger partial charge is 0.390 e. The Hall–Kier alpha value is -0.250. The van der Waals surface area contributed by atoms with Gasteiger partial charge in [-0.1, -0.05) is 19.8 Å². The summed E-state index contributed by atoms with van der Waals surface area (Å²) < 4.78 is 37.8. The largest absolute Gasteiger partial charge is 0.391 e. The van der Waals surface area contributed by atoms with E-state index >= 15 is 0 Å². The van der Waals surface area contributed by atoms with E-state index in [4.69, 9.17) is 0 Å². The maximum atomic E-state index is 12.6. The Labute approximate surface area is 107 Å². The van der Waals surface area contributed by atoms with E-state index in [9.17, 15) is 18.3 Å². The van der Waals surface area contributed by atoms with Gasteiger partial charge in [0.2, 0.25) is 0 Å². The van der Waals surface area contributed by atoms with Crippen LogP contribution in [0.2, 0.25) is 0 Å². The van der Waals surface area contributed by atoms with Crippen LogP contribution in [0.25, 0.3) is 0 Å². The normalized spacial score (nSPS) is 42.8. The molecule has 2 fully saturated rings. The molecule has 0 spiro atoms. The molecule has 0 radical (unpaired) electrons. The first-order valence-electron chi connectivity index (χ1n) is 7.10. The van der Waals surface area contributed by atoms with Crippen LogP contribution in [0, 0.1) is 17.8 Å². The number of hydrogen-bond acceptors (Lipinski definition) is 1. The zero-order valence-electron chi connectivity index (χ0n) is 11.0. The molecule has 1 N–H and O–H groups in total. The molecular weight excluding hydrogens is 241 g/mol. The lowest BCUT2D eigenvalue weighted by Crippen LogP contribution is -2.45. The summed E-state index contributed by atoms with van der Waals surface area (Å²) in [5, 5.41) is 10.6. The summed E-state index contributed by atoms with van der Waals surface area (Å²) in [6.07, 6.45) is 0.959. The highest BCUT2D eigenvalue weighted by molar-refractivity contribution is 4.94. The summed E-state index contributed by atoms with van der Waals surface area (Å²) in [6, 6.07) is 0. The minimum Gasteiger partial charge on any atom is -0.390 e. The van der Waals surface area contributed by atoms with Crippen molar-refractivity contribution in [2.75, 3.05) is 0 Å². The number of aliphatic hydroxyl groups is 1. The van der Waals surface area contributed by atoms with Gasteiger partial charge in [0, 0.05) is 0 Å². The van der Waals surface area contributed by atoms with Crippen molar-refractivity contribution < 1.29 is 18.3 Å². The first-order valence-corrected chi connectivity index (χ1v) is 7.10. The van der Waals surface area contributed by atoms with Gasteiger partial charge in [0.15, 0.2) is 0 Å². The lowest BCUT2D eigenvalue weighted by atomic mass is 9.66. The van der Waals surface area contributed by atoms with Gasteiger partial charge in [0.25, 0.3) is 0 Å². The van der Waals surface area contributed by atoms with Crippen molar-refractivity contribution in [2.45, 2.75) is 70.1 Å². The molecule has 0 aromatic rings. The first-order chi connectivity index (χ1) is 8.31. The zero-order chi connectivity index (χ0) is 13.4. The fourth-order valence-corrected chi connectivity index (χ4v) is 3.65. The van der Waals surface area contributed by atoms with Crippen molar-refractivity contribution in [1.29, 1.82) is 0 Å². The Bertz CT molecular complexity index is 271. The molecule has 0 heterocycles. The Morgan fingerprint density at radius 3 is 1.89 bits per heavy atom. The molecule has 106 valence electrons. The van der Waals surface area contributed by atoms with Crippen molar-refractivity contribution in [1.82, 2.24) is 0 Å². The predicted octanol–water partition coefficient (Wildman–Crippen LogP) is 4.30. The highest BCUT2D eigenvalue weighted by atomic mass is 19.4. The second kappa shape index (κ2) is 5.03. The number of alkyl halides is 3.